The average molecular weight is 261 g/mol. The van der Waals surface area contributed by atoms with Crippen LogP contribution in [0, 0.1) is 5.82 Å². The first-order valence-electron chi connectivity index (χ1n) is 5.94. The van der Waals surface area contributed by atoms with Crippen LogP contribution in [0.3, 0.4) is 0 Å². The van der Waals surface area contributed by atoms with Crippen molar-refractivity contribution < 1.29 is 13.9 Å². The quantitative estimate of drug-likeness (QED) is 0.675. The molecular formula is C13H18ClFO2. The van der Waals surface area contributed by atoms with E-state index in [-0.39, 0.29) is 10.8 Å². The SMILES string of the molecule is CCCCCOc1ccc(OCC)c(F)c1Cl. The normalized spacial score (nSPS) is 10.4. The minimum atomic E-state index is -0.554. The Hall–Kier alpha value is -0.960. The molecule has 96 valence electrons. The second-order valence-electron chi connectivity index (χ2n) is 3.68. The van der Waals surface area contributed by atoms with Gasteiger partial charge in [-0.25, -0.2) is 4.39 Å². The van der Waals surface area contributed by atoms with Gasteiger partial charge in [-0.2, -0.15) is 0 Å². The topological polar surface area (TPSA) is 18.5 Å². The Labute approximate surface area is 107 Å². The molecule has 0 aliphatic carbocycles. The number of rotatable bonds is 7. The highest BCUT2D eigenvalue weighted by Gasteiger charge is 2.13. The molecule has 1 aromatic carbocycles. The molecule has 17 heavy (non-hydrogen) atoms. The van der Waals surface area contributed by atoms with Crippen molar-refractivity contribution in [2.24, 2.45) is 0 Å². The molecule has 0 aliphatic rings. The molecule has 0 aliphatic heterocycles. The Bertz CT molecular complexity index is 356. The van der Waals surface area contributed by atoms with Crippen molar-refractivity contribution in [3.63, 3.8) is 0 Å². The van der Waals surface area contributed by atoms with Gasteiger partial charge in [-0.05, 0) is 25.5 Å². The molecular weight excluding hydrogens is 243 g/mol. The van der Waals surface area contributed by atoms with Crippen LogP contribution in [0.2, 0.25) is 5.02 Å². The summed E-state index contributed by atoms with van der Waals surface area (Å²) in [6, 6.07) is 3.18. The smallest absolute Gasteiger partial charge is 0.187 e. The first kappa shape index (κ1) is 14.1. The summed E-state index contributed by atoms with van der Waals surface area (Å²) in [4.78, 5) is 0. The van der Waals surface area contributed by atoms with Crippen molar-refractivity contribution in [1.82, 2.24) is 0 Å². The summed E-state index contributed by atoms with van der Waals surface area (Å²) < 4.78 is 24.2. The van der Waals surface area contributed by atoms with Gasteiger partial charge in [0.15, 0.2) is 11.6 Å². The van der Waals surface area contributed by atoms with Gasteiger partial charge in [-0.15, -0.1) is 0 Å². The Balaban J connectivity index is 2.64. The van der Waals surface area contributed by atoms with E-state index in [9.17, 15) is 4.39 Å². The minimum Gasteiger partial charge on any atom is -0.492 e. The highest BCUT2D eigenvalue weighted by Crippen LogP contribution is 2.33. The Morgan fingerprint density at radius 1 is 1.12 bits per heavy atom. The monoisotopic (exact) mass is 260 g/mol. The number of unbranched alkanes of at least 4 members (excludes halogenated alkanes) is 2. The maximum atomic E-state index is 13.7. The third-order valence-corrected chi connectivity index (χ3v) is 2.67. The van der Waals surface area contributed by atoms with Gasteiger partial charge < -0.3 is 9.47 Å². The van der Waals surface area contributed by atoms with Crippen LogP contribution in [0.1, 0.15) is 33.1 Å². The van der Waals surface area contributed by atoms with E-state index >= 15 is 0 Å². The molecule has 0 radical (unpaired) electrons. The Kier molecular flexibility index (Phi) is 6.12. The molecule has 0 N–H and O–H groups in total. The summed E-state index contributed by atoms with van der Waals surface area (Å²) in [5.41, 5.74) is 0. The predicted octanol–water partition coefficient (Wildman–Crippen LogP) is 4.45. The standard InChI is InChI=1S/C13H18ClFO2/c1-3-5-6-9-17-10-7-8-11(16-4-2)13(15)12(10)14/h7-8H,3-6,9H2,1-2H3. The molecule has 0 aromatic heterocycles. The summed E-state index contributed by atoms with van der Waals surface area (Å²) in [5.74, 6) is -0.0105. The average Bonchev–Trinajstić information content (AvgIpc) is 2.33. The van der Waals surface area contributed by atoms with Gasteiger partial charge in [-0.3, -0.25) is 0 Å². The van der Waals surface area contributed by atoms with E-state index in [2.05, 4.69) is 6.92 Å². The van der Waals surface area contributed by atoms with Gasteiger partial charge in [-0.1, -0.05) is 31.4 Å². The first-order valence-corrected chi connectivity index (χ1v) is 6.32. The van der Waals surface area contributed by atoms with Crippen LogP contribution in [-0.2, 0) is 0 Å². The fourth-order valence-electron chi connectivity index (χ4n) is 1.43. The lowest BCUT2D eigenvalue weighted by Gasteiger charge is -2.11. The molecule has 2 nitrogen and oxygen atoms in total. The molecule has 0 spiro atoms. The molecule has 4 heteroatoms. The third kappa shape index (κ3) is 4.08. The van der Waals surface area contributed by atoms with Crippen LogP contribution in [0.4, 0.5) is 4.39 Å². The predicted molar refractivity (Wildman–Crippen MR) is 67.6 cm³/mol. The molecule has 1 aromatic rings. The number of halogens is 2. The van der Waals surface area contributed by atoms with E-state index in [1.807, 2.05) is 0 Å². The van der Waals surface area contributed by atoms with Crippen LogP contribution >= 0.6 is 11.6 Å². The van der Waals surface area contributed by atoms with E-state index < -0.39 is 5.82 Å². The number of benzene rings is 1. The Morgan fingerprint density at radius 3 is 2.47 bits per heavy atom. The van der Waals surface area contributed by atoms with Crippen molar-refractivity contribution in [3.8, 4) is 11.5 Å². The fourth-order valence-corrected chi connectivity index (χ4v) is 1.64. The highest BCUT2D eigenvalue weighted by molar-refractivity contribution is 6.32. The van der Waals surface area contributed by atoms with E-state index in [1.54, 1.807) is 19.1 Å². The summed E-state index contributed by atoms with van der Waals surface area (Å²) in [7, 11) is 0. The van der Waals surface area contributed by atoms with E-state index in [0.29, 0.717) is 19.0 Å². The van der Waals surface area contributed by atoms with Crippen molar-refractivity contribution in [2.45, 2.75) is 33.1 Å². The number of hydrogen-bond acceptors (Lipinski definition) is 2. The zero-order valence-corrected chi connectivity index (χ0v) is 11.0. The van der Waals surface area contributed by atoms with Crippen LogP contribution in [0.15, 0.2) is 12.1 Å². The van der Waals surface area contributed by atoms with Crippen LogP contribution in [0.25, 0.3) is 0 Å². The third-order valence-electron chi connectivity index (χ3n) is 2.32. The molecule has 0 bridgehead atoms. The van der Waals surface area contributed by atoms with Crippen molar-refractivity contribution in [2.75, 3.05) is 13.2 Å². The molecule has 1 rings (SSSR count). The molecule has 0 saturated heterocycles. The molecule has 0 atom stereocenters. The van der Waals surface area contributed by atoms with Crippen LogP contribution < -0.4 is 9.47 Å². The van der Waals surface area contributed by atoms with Gasteiger partial charge in [0.05, 0.1) is 13.2 Å². The highest BCUT2D eigenvalue weighted by atomic mass is 35.5. The zero-order valence-electron chi connectivity index (χ0n) is 10.3. The van der Waals surface area contributed by atoms with Crippen molar-refractivity contribution in [1.29, 1.82) is 0 Å². The van der Waals surface area contributed by atoms with Gasteiger partial charge in [0.1, 0.15) is 10.8 Å². The largest absolute Gasteiger partial charge is 0.492 e. The lowest BCUT2D eigenvalue weighted by molar-refractivity contribution is 0.298. The summed E-state index contributed by atoms with van der Waals surface area (Å²) >= 11 is 5.87. The minimum absolute atomic E-state index is 0.00699. The fraction of sp³-hybridized carbons (Fsp3) is 0.538. The lowest BCUT2D eigenvalue weighted by Crippen LogP contribution is -2.00. The van der Waals surface area contributed by atoms with E-state index in [0.717, 1.165) is 19.3 Å². The van der Waals surface area contributed by atoms with Gasteiger partial charge in [0, 0.05) is 0 Å². The lowest BCUT2D eigenvalue weighted by atomic mass is 10.2. The Morgan fingerprint density at radius 2 is 1.82 bits per heavy atom. The van der Waals surface area contributed by atoms with Crippen LogP contribution in [-0.4, -0.2) is 13.2 Å². The molecule has 0 fully saturated rings. The molecule has 0 saturated carbocycles. The van der Waals surface area contributed by atoms with Gasteiger partial charge in [0.25, 0.3) is 0 Å². The van der Waals surface area contributed by atoms with Gasteiger partial charge >= 0.3 is 0 Å². The maximum Gasteiger partial charge on any atom is 0.187 e. The first-order chi connectivity index (χ1) is 8.20. The second-order valence-corrected chi connectivity index (χ2v) is 4.06. The zero-order chi connectivity index (χ0) is 12.7. The van der Waals surface area contributed by atoms with Crippen molar-refractivity contribution >= 4 is 11.6 Å². The van der Waals surface area contributed by atoms with E-state index in [1.165, 1.54) is 0 Å². The number of hydrogen-bond donors (Lipinski definition) is 0. The van der Waals surface area contributed by atoms with Gasteiger partial charge in [0.2, 0.25) is 0 Å². The second kappa shape index (κ2) is 7.38. The van der Waals surface area contributed by atoms with Crippen LogP contribution in [0.5, 0.6) is 11.5 Å². The summed E-state index contributed by atoms with van der Waals surface area (Å²) in [5, 5.41) is -0.00699. The van der Waals surface area contributed by atoms with E-state index in [4.69, 9.17) is 21.1 Å². The maximum absolute atomic E-state index is 13.7. The summed E-state index contributed by atoms with van der Waals surface area (Å²) in [6.07, 6.45) is 3.16. The molecule has 0 heterocycles. The van der Waals surface area contributed by atoms with Crippen molar-refractivity contribution in [3.05, 3.63) is 23.0 Å². The molecule has 0 unspecified atom stereocenters. The summed E-state index contributed by atoms with van der Waals surface area (Å²) in [6.45, 7) is 4.87. The molecule has 0 amide bonds. The number of ether oxygens (including phenoxy) is 2.